The van der Waals surface area contributed by atoms with Gasteiger partial charge in [-0.25, -0.2) is 4.68 Å². The summed E-state index contributed by atoms with van der Waals surface area (Å²) in [5.74, 6) is 0. The molecule has 2 N–H and O–H groups in total. The number of allylic oxidation sites excluding steroid dienone is 2. The van der Waals surface area contributed by atoms with Gasteiger partial charge in [0, 0.05) is 17.5 Å². The van der Waals surface area contributed by atoms with Crippen LogP contribution in [0.25, 0.3) is 16.5 Å². The third kappa shape index (κ3) is 2.84. The molecule has 1 atom stereocenters. The molecule has 0 radical (unpaired) electrons. The van der Waals surface area contributed by atoms with E-state index in [1.54, 1.807) is 6.08 Å². The zero-order valence-electron chi connectivity index (χ0n) is 14.0. The van der Waals surface area contributed by atoms with Gasteiger partial charge in [-0.2, -0.15) is 18.3 Å². The van der Waals surface area contributed by atoms with Crippen LogP contribution in [0.3, 0.4) is 0 Å². The molecule has 4 rings (SSSR count). The molecular formula is C17H18BF3N2O3. The van der Waals surface area contributed by atoms with Crippen LogP contribution < -0.4 is 5.46 Å². The van der Waals surface area contributed by atoms with Crippen LogP contribution in [0.15, 0.2) is 18.3 Å². The van der Waals surface area contributed by atoms with Gasteiger partial charge < -0.3 is 14.8 Å². The summed E-state index contributed by atoms with van der Waals surface area (Å²) in [7, 11) is -2.03. The minimum atomic E-state index is -4.62. The number of halogens is 3. The number of ether oxygens (including phenoxy) is 1. The van der Waals surface area contributed by atoms with E-state index in [-0.39, 0.29) is 16.5 Å². The van der Waals surface area contributed by atoms with Crippen LogP contribution in [0.1, 0.15) is 49.5 Å². The molecule has 2 aromatic rings. The Balaban J connectivity index is 1.99. The fourth-order valence-electron chi connectivity index (χ4n) is 3.71. The second kappa shape index (κ2) is 6.40. The van der Waals surface area contributed by atoms with Crippen molar-refractivity contribution in [3.8, 4) is 0 Å². The first-order chi connectivity index (χ1) is 12.4. The van der Waals surface area contributed by atoms with E-state index in [4.69, 9.17) is 4.74 Å². The highest BCUT2D eigenvalue weighted by Crippen LogP contribution is 2.41. The van der Waals surface area contributed by atoms with Crippen molar-refractivity contribution in [3.63, 3.8) is 0 Å². The summed E-state index contributed by atoms with van der Waals surface area (Å²) < 4.78 is 48.4. The second-order valence-electron chi connectivity index (χ2n) is 6.70. The van der Waals surface area contributed by atoms with Crippen molar-refractivity contribution in [3.05, 3.63) is 29.5 Å². The minimum absolute atomic E-state index is 0.129. The Morgan fingerprint density at radius 2 is 2.04 bits per heavy atom. The van der Waals surface area contributed by atoms with Gasteiger partial charge in [0.25, 0.3) is 0 Å². The summed E-state index contributed by atoms with van der Waals surface area (Å²) in [5, 5.41) is 24.3. The normalized spacial score (nSPS) is 20.8. The molecule has 9 heteroatoms. The van der Waals surface area contributed by atoms with Gasteiger partial charge in [0.2, 0.25) is 0 Å². The Morgan fingerprint density at radius 1 is 1.27 bits per heavy atom. The van der Waals surface area contributed by atoms with Gasteiger partial charge in [0.1, 0.15) is 0 Å². The number of benzene rings is 1. The van der Waals surface area contributed by atoms with Crippen LogP contribution in [-0.4, -0.2) is 33.6 Å². The number of hydrogen-bond donors (Lipinski definition) is 2. The first kappa shape index (κ1) is 17.6. The van der Waals surface area contributed by atoms with Crippen LogP contribution in [0.5, 0.6) is 0 Å². The molecule has 2 aliphatic rings. The second-order valence-corrected chi connectivity index (χ2v) is 6.70. The molecule has 2 heterocycles. The smallest absolute Gasteiger partial charge is 0.423 e. The molecule has 0 saturated carbocycles. The van der Waals surface area contributed by atoms with E-state index >= 15 is 0 Å². The van der Waals surface area contributed by atoms with Gasteiger partial charge in [-0.3, -0.25) is 0 Å². The fraction of sp³-hybridized carbons (Fsp3) is 0.471. The number of alkyl halides is 3. The molecule has 26 heavy (non-hydrogen) atoms. The molecule has 1 aliphatic carbocycles. The van der Waals surface area contributed by atoms with E-state index in [1.807, 2.05) is 0 Å². The highest BCUT2D eigenvalue weighted by molar-refractivity contribution is 6.63. The lowest BCUT2D eigenvalue weighted by molar-refractivity contribution is -0.137. The maximum absolute atomic E-state index is 13.8. The summed E-state index contributed by atoms with van der Waals surface area (Å²) >= 11 is 0. The van der Waals surface area contributed by atoms with E-state index < -0.39 is 25.1 Å². The van der Waals surface area contributed by atoms with Crippen molar-refractivity contribution in [1.82, 2.24) is 9.78 Å². The number of hydrogen-bond acceptors (Lipinski definition) is 4. The predicted octanol–water partition coefficient (Wildman–Crippen LogP) is 2.61. The van der Waals surface area contributed by atoms with Crippen molar-refractivity contribution in [2.45, 2.75) is 44.5 Å². The lowest BCUT2D eigenvalue weighted by Gasteiger charge is -2.26. The summed E-state index contributed by atoms with van der Waals surface area (Å²) in [6.45, 7) is 0.526. The summed E-state index contributed by atoms with van der Waals surface area (Å²) in [5.41, 5.74) is -0.435. The highest BCUT2D eigenvalue weighted by atomic mass is 19.4. The first-order valence-electron chi connectivity index (χ1n) is 8.66. The average Bonchev–Trinajstić information content (AvgIpc) is 2.95. The first-order valence-corrected chi connectivity index (χ1v) is 8.66. The Kier molecular flexibility index (Phi) is 4.33. The minimum Gasteiger partial charge on any atom is -0.423 e. The van der Waals surface area contributed by atoms with Gasteiger partial charge in [-0.05, 0) is 49.3 Å². The van der Waals surface area contributed by atoms with Crippen molar-refractivity contribution in [2.24, 2.45) is 0 Å². The molecule has 0 bridgehead atoms. The van der Waals surface area contributed by atoms with Crippen LogP contribution in [0.2, 0.25) is 0 Å². The van der Waals surface area contributed by atoms with E-state index in [0.717, 1.165) is 18.9 Å². The average molecular weight is 366 g/mol. The molecule has 1 aromatic carbocycles. The molecular weight excluding hydrogens is 348 g/mol. The molecule has 1 aromatic heterocycles. The lowest BCUT2D eigenvalue weighted by atomic mass is 9.70. The van der Waals surface area contributed by atoms with E-state index in [9.17, 15) is 23.2 Å². The molecule has 0 spiro atoms. The Hall–Kier alpha value is -1.84. The number of nitrogens with zero attached hydrogens (tertiary/aromatic N) is 2. The maximum Gasteiger partial charge on any atom is 0.489 e. The molecule has 1 fully saturated rings. The van der Waals surface area contributed by atoms with Crippen LogP contribution >= 0.6 is 0 Å². The van der Waals surface area contributed by atoms with Crippen molar-refractivity contribution in [1.29, 1.82) is 0 Å². The van der Waals surface area contributed by atoms with Crippen molar-refractivity contribution < 1.29 is 28.0 Å². The molecule has 1 unspecified atom stereocenters. The zero-order chi connectivity index (χ0) is 18.5. The third-order valence-corrected chi connectivity index (χ3v) is 5.06. The van der Waals surface area contributed by atoms with E-state index in [2.05, 4.69) is 5.10 Å². The Labute approximate surface area is 148 Å². The predicted molar refractivity (Wildman–Crippen MR) is 90.6 cm³/mol. The fourth-order valence-corrected chi connectivity index (χ4v) is 3.71. The summed E-state index contributed by atoms with van der Waals surface area (Å²) in [6.07, 6.45) is 1.64. The Morgan fingerprint density at radius 3 is 2.58 bits per heavy atom. The molecule has 1 saturated heterocycles. The summed E-state index contributed by atoms with van der Waals surface area (Å²) in [4.78, 5) is 0. The monoisotopic (exact) mass is 366 g/mol. The maximum atomic E-state index is 13.8. The van der Waals surface area contributed by atoms with Crippen molar-refractivity contribution >= 4 is 29.1 Å². The largest absolute Gasteiger partial charge is 0.489 e. The van der Waals surface area contributed by atoms with Gasteiger partial charge >= 0.3 is 13.3 Å². The van der Waals surface area contributed by atoms with Crippen LogP contribution in [-0.2, 0) is 10.9 Å². The number of fused-ring (bicyclic) bond motifs is 1. The molecule has 138 valence electrons. The topological polar surface area (TPSA) is 67.5 Å². The number of aromatic nitrogens is 2. The lowest BCUT2D eigenvalue weighted by Crippen LogP contribution is -2.36. The molecule has 5 nitrogen and oxygen atoms in total. The van der Waals surface area contributed by atoms with Gasteiger partial charge in [-0.1, -0.05) is 6.08 Å². The zero-order valence-corrected chi connectivity index (χ0v) is 14.0. The van der Waals surface area contributed by atoms with Gasteiger partial charge in [0.15, 0.2) is 6.23 Å². The molecule has 0 amide bonds. The highest BCUT2D eigenvalue weighted by Gasteiger charge is 2.39. The SMILES string of the molecule is OB(O)c1c(C2=CCC2)c(C(F)(F)F)cc2c1cnn2C1CCCCO1. The molecule has 1 aliphatic heterocycles. The van der Waals surface area contributed by atoms with Gasteiger partial charge in [-0.15, -0.1) is 0 Å². The van der Waals surface area contributed by atoms with Gasteiger partial charge in [0.05, 0.1) is 17.3 Å². The van der Waals surface area contributed by atoms with Crippen LogP contribution in [0.4, 0.5) is 13.2 Å². The van der Waals surface area contributed by atoms with Crippen molar-refractivity contribution in [2.75, 3.05) is 6.61 Å². The number of rotatable bonds is 3. The van der Waals surface area contributed by atoms with Crippen LogP contribution in [0, 0.1) is 0 Å². The summed E-state index contributed by atoms with van der Waals surface area (Å²) in [6, 6.07) is 1.06. The third-order valence-electron chi connectivity index (χ3n) is 5.06. The standard InChI is InChI=1S/C17H18BF3N2O3/c19-17(20,21)12-8-13-11(9-22-23(13)14-6-1-2-7-26-14)16(18(24)25)15(12)10-4-3-5-10/h4,8-9,14,24-25H,1-3,5-7H2. The Bertz CT molecular complexity index is 870. The van der Waals surface area contributed by atoms with E-state index in [0.29, 0.717) is 36.8 Å². The van der Waals surface area contributed by atoms with E-state index in [1.165, 1.54) is 10.9 Å². The quantitative estimate of drug-likeness (QED) is 0.820.